The third kappa shape index (κ3) is 4.11. The van der Waals surface area contributed by atoms with Crippen molar-refractivity contribution in [2.45, 2.75) is 39.5 Å². The molecule has 4 nitrogen and oxygen atoms in total. The Balaban J connectivity index is 1.57. The van der Waals surface area contributed by atoms with Gasteiger partial charge in [0.15, 0.2) is 0 Å². The molecule has 0 aliphatic heterocycles. The van der Waals surface area contributed by atoms with E-state index in [4.69, 9.17) is 4.74 Å². The molecule has 0 amide bonds. The number of pyridine rings is 1. The summed E-state index contributed by atoms with van der Waals surface area (Å²) in [4.78, 5) is 4.40. The number of rotatable bonds is 5. The molecule has 0 spiro atoms. The second kappa shape index (κ2) is 6.42. The van der Waals surface area contributed by atoms with Crippen LogP contribution < -0.4 is 10.1 Å². The second-order valence-electron chi connectivity index (χ2n) is 6.65. The van der Waals surface area contributed by atoms with Crippen LogP contribution in [0.2, 0.25) is 0 Å². The summed E-state index contributed by atoms with van der Waals surface area (Å²) in [5.74, 6) is 0.906. The maximum atomic E-state index is 5.84. The average molecular weight is 309 g/mol. The Morgan fingerprint density at radius 3 is 2.57 bits per heavy atom. The van der Waals surface area contributed by atoms with E-state index in [1.165, 1.54) is 11.1 Å². The van der Waals surface area contributed by atoms with Gasteiger partial charge in [0.05, 0.1) is 0 Å². The molecule has 0 aliphatic rings. The first kappa shape index (κ1) is 15.6. The first-order chi connectivity index (χ1) is 11.0. The second-order valence-corrected chi connectivity index (χ2v) is 6.65. The summed E-state index contributed by atoms with van der Waals surface area (Å²) in [5, 5.41) is 3.47. The molecule has 0 atom stereocenters. The Morgan fingerprint density at radius 1 is 1.04 bits per heavy atom. The SMILES string of the molecule is CC(C)(C)Oc1ccc(CNCc2cccn3ccnc23)cc1. The molecule has 2 aromatic heterocycles. The molecule has 0 bridgehead atoms. The lowest BCUT2D eigenvalue weighted by atomic mass is 10.1. The lowest BCUT2D eigenvalue weighted by molar-refractivity contribution is 0.131. The van der Waals surface area contributed by atoms with Crippen LogP contribution in [0.4, 0.5) is 0 Å². The first-order valence-electron chi connectivity index (χ1n) is 7.90. The van der Waals surface area contributed by atoms with E-state index in [0.29, 0.717) is 0 Å². The molecular weight excluding hydrogens is 286 g/mol. The number of nitrogens with zero attached hydrogens (tertiary/aromatic N) is 2. The molecule has 0 saturated heterocycles. The molecule has 4 heteroatoms. The van der Waals surface area contributed by atoms with E-state index in [0.717, 1.165) is 24.5 Å². The van der Waals surface area contributed by atoms with Crippen molar-refractivity contribution in [3.8, 4) is 5.75 Å². The first-order valence-corrected chi connectivity index (χ1v) is 7.90. The van der Waals surface area contributed by atoms with Gasteiger partial charge in [-0.05, 0) is 44.5 Å². The van der Waals surface area contributed by atoms with Gasteiger partial charge in [-0.1, -0.05) is 18.2 Å². The summed E-state index contributed by atoms with van der Waals surface area (Å²) in [6.07, 6.45) is 5.80. The van der Waals surface area contributed by atoms with Gasteiger partial charge in [-0.2, -0.15) is 0 Å². The largest absolute Gasteiger partial charge is 0.488 e. The molecule has 0 aliphatic carbocycles. The van der Waals surface area contributed by atoms with Gasteiger partial charge in [0.1, 0.15) is 17.0 Å². The van der Waals surface area contributed by atoms with Gasteiger partial charge in [-0.3, -0.25) is 0 Å². The zero-order valence-corrected chi connectivity index (χ0v) is 13.9. The fraction of sp³-hybridized carbons (Fsp3) is 0.316. The smallest absolute Gasteiger partial charge is 0.141 e. The maximum Gasteiger partial charge on any atom is 0.141 e. The Kier molecular flexibility index (Phi) is 4.35. The monoisotopic (exact) mass is 309 g/mol. The standard InChI is InChI=1S/C19H23N3O/c1-19(2,3)23-17-8-6-15(7-9-17)13-20-14-16-5-4-11-22-12-10-21-18(16)22/h4-12,20H,13-14H2,1-3H3. The van der Waals surface area contributed by atoms with Crippen LogP contribution in [0, 0.1) is 0 Å². The summed E-state index contributed by atoms with van der Waals surface area (Å²) in [5.41, 5.74) is 3.28. The number of benzene rings is 1. The minimum Gasteiger partial charge on any atom is -0.488 e. The molecular formula is C19H23N3O. The Morgan fingerprint density at radius 2 is 1.83 bits per heavy atom. The van der Waals surface area contributed by atoms with Crippen LogP contribution in [0.15, 0.2) is 55.0 Å². The van der Waals surface area contributed by atoms with E-state index in [2.05, 4.69) is 49.3 Å². The molecule has 3 aromatic rings. The summed E-state index contributed by atoms with van der Waals surface area (Å²) >= 11 is 0. The summed E-state index contributed by atoms with van der Waals surface area (Å²) < 4.78 is 7.88. The van der Waals surface area contributed by atoms with Gasteiger partial charge in [0.25, 0.3) is 0 Å². The van der Waals surface area contributed by atoms with E-state index in [-0.39, 0.29) is 5.60 Å². The number of hydrogen-bond donors (Lipinski definition) is 1. The Labute approximate surface area is 137 Å². The van der Waals surface area contributed by atoms with Gasteiger partial charge in [-0.25, -0.2) is 4.98 Å². The number of hydrogen-bond acceptors (Lipinski definition) is 3. The summed E-state index contributed by atoms with van der Waals surface area (Å²) in [6.45, 7) is 7.77. The van der Waals surface area contributed by atoms with E-state index in [1.54, 1.807) is 0 Å². The topological polar surface area (TPSA) is 38.6 Å². The van der Waals surface area contributed by atoms with Gasteiger partial charge < -0.3 is 14.5 Å². The number of fused-ring (bicyclic) bond motifs is 1. The van der Waals surface area contributed by atoms with Crippen LogP contribution >= 0.6 is 0 Å². The van der Waals surface area contributed by atoms with Crippen LogP contribution in [0.1, 0.15) is 31.9 Å². The normalized spacial score (nSPS) is 11.8. The van der Waals surface area contributed by atoms with Crippen LogP contribution in [0.3, 0.4) is 0 Å². The van der Waals surface area contributed by atoms with Crippen molar-refractivity contribution >= 4 is 5.65 Å². The third-order valence-corrected chi connectivity index (χ3v) is 3.49. The van der Waals surface area contributed by atoms with Crippen LogP contribution in [-0.4, -0.2) is 15.0 Å². The van der Waals surface area contributed by atoms with Crippen molar-refractivity contribution < 1.29 is 4.74 Å². The molecule has 1 aromatic carbocycles. The van der Waals surface area contributed by atoms with Gasteiger partial charge in [0.2, 0.25) is 0 Å². The highest BCUT2D eigenvalue weighted by Gasteiger charge is 2.11. The third-order valence-electron chi connectivity index (χ3n) is 3.49. The van der Waals surface area contributed by atoms with Gasteiger partial charge in [0, 0.05) is 37.2 Å². The van der Waals surface area contributed by atoms with Gasteiger partial charge in [-0.15, -0.1) is 0 Å². The predicted molar refractivity (Wildman–Crippen MR) is 92.6 cm³/mol. The van der Waals surface area contributed by atoms with Crippen molar-refractivity contribution in [3.63, 3.8) is 0 Å². The molecule has 0 radical (unpaired) electrons. The molecule has 3 rings (SSSR count). The summed E-state index contributed by atoms with van der Waals surface area (Å²) in [6, 6.07) is 12.4. The number of imidazole rings is 1. The number of nitrogens with one attached hydrogen (secondary N) is 1. The highest BCUT2D eigenvalue weighted by Crippen LogP contribution is 2.18. The van der Waals surface area contributed by atoms with Crippen molar-refractivity contribution in [3.05, 3.63) is 66.1 Å². The maximum absolute atomic E-state index is 5.84. The van der Waals surface area contributed by atoms with E-state index in [9.17, 15) is 0 Å². The minimum atomic E-state index is -0.164. The van der Waals surface area contributed by atoms with Gasteiger partial charge >= 0.3 is 0 Å². The van der Waals surface area contributed by atoms with E-state index in [1.807, 2.05) is 41.2 Å². The van der Waals surface area contributed by atoms with Crippen molar-refractivity contribution in [2.24, 2.45) is 0 Å². The van der Waals surface area contributed by atoms with Crippen LogP contribution in [-0.2, 0) is 13.1 Å². The van der Waals surface area contributed by atoms with Crippen molar-refractivity contribution in [1.82, 2.24) is 14.7 Å². The van der Waals surface area contributed by atoms with Crippen LogP contribution in [0.5, 0.6) is 5.75 Å². The fourth-order valence-electron chi connectivity index (χ4n) is 2.52. The molecule has 120 valence electrons. The van der Waals surface area contributed by atoms with E-state index >= 15 is 0 Å². The van der Waals surface area contributed by atoms with E-state index < -0.39 is 0 Å². The quantitative estimate of drug-likeness (QED) is 0.779. The fourth-order valence-corrected chi connectivity index (χ4v) is 2.52. The zero-order chi connectivity index (χ0) is 16.3. The van der Waals surface area contributed by atoms with Crippen molar-refractivity contribution in [2.75, 3.05) is 0 Å². The number of aromatic nitrogens is 2. The lowest BCUT2D eigenvalue weighted by Gasteiger charge is -2.21. The molecule has 2 heterocycles. The molecule has 1 N–H and O–H groups in total. The zero-order valence-electron chi connectivity index (χ0n) is 13.9. The minimum absolute atomic E-state index is 0.164. The molecule has 0 saturated carbocycles. The summed E-state index contributed by atoms with van der Waals surface area (Å²) in [7, 11) is 0. The molecule has 0 fully saturated rings. The Hall–Kier alpha value is -2.33. The highest BCUT2D eigenvalue weighted by molar-refractivity contribution is 5.47. The molecule has 23 heavy (non-hydrogen) atoms. The number of ether oxygens (including phenoxy) is 1. The van der Waals surface area contributed by atoms with Crippen LogP contribution in [0.25, 0.3) is 5.65 Å². The lowest BCUT2D eigenvalue weighted by Crippen LogP contribution is -2.22. The highest BCUT2D eigenvalue weighted by atomic mass is 16.5. The van der Waals surface area contributed by atoms with Crippen molar-refractivity contribution in [1.29, 1.82) is 0 Å². The Bertz CT molecular complexity index is 769. The predicted octanol–water partition coefficient (Wildman–Crippen LogP) is 3.80. The molecule has 0 unspecified atom stereocenters. The average Bonchev–Trinajstić information content (AvgIpc) is 2.97.